The molecule has 3 nitrogen and oxygen atoms in total. The Bertz CT molecular complexity index is 375. The first-order chi connectivity index (χ1) is 8.66. The van der Waals surface area contributed by atoms with E-state index in [1.165, 1.54) is 18.4 Å². The van der Waals surface area contributed by atoms with Crippen LogP contribution < -0.4 is 5.73 Å². The molecule has 1 saturated carbocycles. The van der Waals surface area contributed by atoms with Crippen LogP contribution in [0.25, 0.3) is 0 Å². The third kappa shape index (κ3) is 4.00. The maximum atomic E-state index is 6.01. The minimum atomic E-state index is 0.313. The summed E-state index contributed by atoms with van der Waals surface area (Å²) in [7, 11) is 0. The molecule has 0 aliphatic heterocycles. The molecule has 1 fully saturated rings. The van der Waals surface area contributed by atoms with E-state index in [0.29, 0.717) is 6.10 Å². The summed E-state index contributed by atoms with van der Waals surface area (Å²) in [4.78, 5) is 2.49. The van der Waals surface area contributed by atoms with Gasteiger partial charge in [0, 0.05) is 24.8 Å². The molecule has 0 unspecified atom stereocenters. The van der Waals surface area contributed by atoms with E-state index in [9.17, 15) is 0 Å². The molecule has 1 aromatic rings. The SMILES string of the molecule is CC(C)OCCN(Cc1ccccc1N)C1CC1. The molecule has 0 saturated heterocycles. The van der Waals surface area contributed by atoms with Crippen molar-refractivity contribution in [1.29, 1.82) is 0 Å². The molecule has 0 amide bonds. The number of para-hydroxylation sites is 1. The second kappa shape index (κ2) is 6.21. The highest BCUT2D eigenvalue weighted by atomic mass is 16.5. The van der Waals surface area contributed by atoms with Crippen molar-refractivity contribution in [2.24, 2.45) is 0 Å². The lowest BCUT2D eigenvalue weighted by Gasteiger charge is -2.23. The van der Waals surface area contributed by atoms with Gasteiger partial charge in [-0.15, -0.1) is 0 Å². The predicted molar refractivity (Wildman–Crippen MR) is 75.4 cm³/mol. The van der Waals surface area contributed by atoms with Gasteiger partial charge in [-0.05, 0) is 38.3 Å². The van der Waals surface area contributed by atoms with Crippen LogP contribution in [0.1, 0.15) is 32.3 Å². The first kappa shape index (κ1) is 13.4. The van der Waals surface area contributed by atoms with E-state index in [4.69, 9.17) is 10.5 Å². The Balaban J connectivity index is 1.88. The average molecular weight is 248 g/mol. The summed E-state index contributed by atoms with van der Waals surface area (Å²) in [6.45, 7) is 6.91. The maximum Gasteiger partial charge on any atom is 0.0597 e. The van der Waals surface area contributed by atoms with Gasteiger partial charge in [-0.2, -0.15) is 0 Å². The van der Waals surface area contributed by atoms with Crippen LogP contribution in [0.5, 0.6) is 0 Å². The number of ether oxygens (including phenoxy) is 1. The summed E-state index contributed by atoms with van der Waals surface area (Å²) >= 11 is 0. The van der Waals surface area contributed by atoms with Gasteiger partial charge in [0.1, 0.15) is 0 Å². The fourth-order valence-electron chi connectivity index (χ4n) is 2.13. The molecule has 0 radical (unpaired) electrons. The van der Waals surface area contributed by atoms with E-state index in [1.54, 1.807) is 0 Å². The minimum absolute atomic E-state index is 0.313. The van der Waals surface area contributed by atoms with Crippen LogP contribution in [0.15, 0.2) is 24.3 Å². The number of hydrogen-bond donors (Lipinski definition) is 1. The number of nitrogen functional groups attached to an aromatic ring is 1. The lowest BCUT2D eigenvalue weighted by atomic mass is 10.1. The van der Waals surface area contributed by atoms with Gasteiger partial charge in [-0.1, -0.05) is 18.2 Å². The number of nitrogens with two attached hydrogens (primary N) is 1. The first-order valence-corrected chi connectivity index (χ1v) is 6.86. The fraction of sp³-hybridized carbons (Fsp3) is 0.600. The summed E-state index contributed by atoms with van der Waals surface area (Å²) in [6.07, 6.45) is 2.94. The third-order valence-electron chi connectivity index (χ3n) is 3.32. The third-order valence-corrected chi connectivity index (χ3v) is 3.32. The number of rotatable bonds is 7. The standard InChI is InChI=1S/C15H24N2O/c1-12(2)18-10-9-17(14-7-8-14)11-13-5-3-4-6-15(13)16/h3-6,12,14H,7-11,16H2,1-2H3. The topological polar surface area (TPSA) is 38.5 Å². The Morgan fingerprint density at radius 2 is 2.06 bits per heavy atom. The number of anilines is 1. The van der Waals surface area contributed by atoms with Crippen LogP contribution in [0, 0.1) is 0 Å². The van der Waals surface area contributed by atoms with Crippen molar-refractivity contribution in [3.05, 3.63) is 29.8 Å². The Morgan fingerprint density at radius 3 is 2.67 bits per heavy atom. The van der Waals surface area contributed by atoms with E-state index in [1.807, 2.05) is 12.1 Å². The molecule has 2 rings (SSSR count). The molecule has 18 heavy (non-hydrogen) atoms. The number of benzene rings is 1. The summed E-state index contributed by atoms with van der Waals surface area (Å²) in [5, 5.41) is 0. The first-order valence-electron chi connectivity index (χ1n) is 6.86. The summed E-state index contributed by atoms with van der Waals surface area (Å²) in [5.41, 5.74) is 8.14. The normalized spacial score (nSPS) is 15.6. The van der Waals surface area contributed by atoms with Gasteiger partial charge < -0.3 is 10.5 Å². The number of hydrogen-bond acceptors (Lipinski definition) is 3. The van der Waals surface area contributed by atoms with E-state index in [0.717, 1.165) is 31.4 Å². The van der Waals surface area contributed by atoms with Gasteiger partial charge in [-0.25, -0.2) is 0 Å². The van der Waals surface area contributed by atoms with Gasteiger partial charge >= 0.3 is 0 Å². The maximum absolute atomic E-state index is 6.01. The average Bonchev–Trinajstić information content (AvgIpc) is 3.14. The van der Waals surface area contributed by atoms with Crippen molar-refractivity contribution >= 4 is 5.69 Å². The second-order valence-electron chi connectivity index (χ2n) is 5.32. The highest BCUT2D eigenvalue weighted by Crippen LogP contribution is 2.29. The molecule has 1 aromatic carbocycles. The Kier molecular flexibility index (Phi) is 4.61. The van der Waals surface area contributed by atoms with Crippen molar-refractivity contribution in [2.45, 2.75) is 45.4 Å². The van der Waals surface area contributed by atoms with Crippen LogP contribution in [0.2, 0.25) is 0 Å². The lowest BCUT2D eigenvalue weighted by molar-refractivity contribution is 0.0556. The smallest absolute Gasteiger partial charge is 0.0597 e. The molecule has 0 bridgehead atoms. The molecule has 0 atom stereocenters. The number of nitrogens with zero attached hydrogens (tertiary/aromatic N) is 1. The summed E-state index contributed by atoms with van der Waals surface area (Å²) < 4.78 is 5.65. The van der Waals surface area contributed by atoms with E-state index in [-0.39, 0.29) is 0 Å². The molecule has 0 heterocycles. The molecule has 1 aliphatic rings. The van der Waals surface area contributed by atoms with Crippen molar-refractivity contribution in [3.8, 4) is 0 Å². The highest BCUT2D eigenvalue weighted by molar-refractivity contribution is 5.46. The van der Waals surface area contributed by atoms with Crippen molar-refractivity contribution in [1.82, 2.24) is 4.90 Å². The predicted octanol–water partition coefficient (Wildman–Crippen LogP) is 2.66. The molecular formula is C15H24N2O. The molecule has 2 N–H and O–H groups in total. The van der Waals surface area contributed by atoms with Gasteiger partial charge in [0.15, 0.2) is 0 Å². The molecule has 3 heteroatoms. The zero-order valence-corrected chi connectivity index (χ0v) is 11.4. The van der Waals surface area contributed by atoms with Crippen LogP contribution in [-0.2, 0) is 11.3 Å². The minimum Gasteiger partial charge on any atom is -0.398 e. The lowest BCUT2D eigenvalue weighted by Crippen LogP contribution is -2.30. The van der Waals surface area contributed by atoms with Gasteiger partial charge in [-0.3, -0.25) is 4.90 Å². The quantitative estimate of drug-likeness (QED) is 0.754. The Hall–Kier alpha value is -1.06. The monoisotopic (exact) mass is 248 g/mol. The molecule has 100 valence electrons. The molecule has 0 aromatic heterocycles. The van der Waals surface area contributed by atoms with Crippen LogP contribution in [0.4, 0.5) is 5.69 Å². The van der Waals surface area contributed by atoms with Gasteiger partial charge in [0.25, 0.3) is 0 Å². The molecule has 0 spiro atoms. The molecular weight excluding hydrogens is 224 g/mol. The van der Waals surface area contributed by atoms with Crippen LogP contribution in [0.3, 0.4) is 0 Å². The van der Waals surface area contributed by atoms with Crippen LogP contribution >= 0.6 is 0 Å². The van der Waals surface area contributed by atoms with Crippen molar-refractivity contribution in [3.63, 3.8) is 0 Å². The van der Waals surface area contributed by atoms with E-state index in [2.05, 4.69) is 30.9 Å². The van der Waals surface area contributed by atoms with E-state index >= 15 is 0 Å². The summed E-state index contributed by atoms with van der Waals surface area (Å²) in [6, 6.07) is 8.88. The Labute approximate surface area is 110 Å². The Morgan fingerprint density at radius 1 is 1.33 bits per heavy atom. The molecule has 1 aliphatic carbocycles. The highest BCUT2D eigenvalue weighted by Gasteiger charge is 2.28. The zero-order chi connectivity index (χ0) is 13.0. The van der Waals surface area contributed by atoms with Gasteiger partial charge in [0.2, 0.25) is 0 Å². The summed E-state index contributed by atoms with van der Waals surface area (Å²) in [5.74, 6) is 0. The fourth-order valence-corrected chi connectivity index (χ4v) is 2.13. The van der Waals surface area contributed by atoms with Crippen molar-refractivity contribution < 1.29 is 4.74 Å². The second-order valence-corrected chi connectivity index (χ2v) is 5.32. The van der Waals surface area contributed by atoms with Gasteiger partial charge in [0.05, 0.1) is 12.7 Å². The largest absolute Gasteiger partial charge is 0.398 e. The van der Waals surface area contributed by atoms with Crippen molar-refractivity contribution in [2.75, 3.05) is 18.9 Å². The van der Waals surface area contributed by atoms with E-state index < -0.39 is 0 Å². The van der Waals surface area contributed by atoms with Crippen LogP contribution in [-0.4, -0.2) is 30.2 Å². The zero-order valence-electron chi connectivity index (χ0n) is 11.4.